The van der Waals surface area contributed by atoms with Crippen molar-refractivity contribution in [3.63, 3.8) is 0 Å². The number of hydrogen-bond donors (Lipinski definition) is 0. The van der Waals surface area contributed by atoms with E-state index in [1.54, 1.807) is 0 Å². The fourth-order valence-electron chi connectivity index (χ4n) is 1.11. The quantitative estimate of drug-likeness (QED) is 0.475. The van der Waals surface area contributed by atoms with Gasteiger partial charge in [-0.3, -0.25) is 0 Å². The van der Waals surface area contributed by atoms with Crippen LogP contribution in [0.3, 0.4) is 0 Å². The number of hydrogen-bond acceptors (Lipinski definition) is 0. The van der Waals surface area contributed by atoms with Crippen molar-refractivity contribution in [3.8, 4) is 0 Å². The Morgan fingerprint density at radius 1 is 1.60 bits per heavy atom. The maximum absolute atomic E-state index is 3.55. The van der Waals surface area contributed by atoms with Gasteiger partial charge in [0.15, 0.2) is 0 Å². The lowest BCUT2D eigenvalue weighted by Gasteiger charge is -2.23. The Balaban J connectivity index is 2.36. The zero-order chi connectivity index (χ0) is 7.56. The fourth-order valence-corrected chi connectivity index (χ4v) is 1.26. The van der Waals surface area contributed by atoms with E-state index in [1.165, 1.54) is 24.8 Å². The first kappa shape index (κ1) is 8.32. The van der Waals surface area contributed by atoms with Gasteiger partial charge in [-0.05, 0) is 32.6 Å². The highest BCUT2D eigenvalue weighted by Crippen LogP contribution is 2.29. The lowest BCUT2D eigenvalue weighted by molar-refractivity contribution is 0.385. The summed E-state index contributed by atoms with van der Waals surface area (Å²) in [6.07, 6.45) is 6.68. The molecular weight excluding hydrogens is 188 g/mol. The van der Waals surface area contributed by atoms with Gasteiger partial charge in [0.25, 0.3) is 0 Å². The molecule has 0 bridgehead atoms. The van der Waals surface area contributed by atoms with Gasteiger partial charge in [-0.25, -0.2) is 0 Å². The molecule has 1 rings (SSSR count). The molecule has 0 radical (unpaired) electrons. The van der Waals surface area contributed by atoms with E-state index in [1.807, 2.05) is 0 Å². The molecule has 1 atom stereocenters. The Hall–Kier alpha value is 0.220. The van der Waals surface area contributed by atoms with Crippen LogP contribution in [0.5, 0.6) is 0 Å². The molecule has 10 heavy (non-hydrogen) atoms. The molecule has 1 aliphatic carbocycles. The first-order valence-electron chi connectivity index (χ1n) is 4.02. The van der Waals surface area contributed by atoms with Crippen molar-refractivity contribution in [2.24, 2.45) is 5.92 Å². The normalized spacial score (nSPS) is 24.1. The van der Waals surface area contributed by atoms with Crippen LogP contribution in [-0.2, 0) is 0 Å². The van der Waals surface area contributed by atoms with Gasteiger partial charge in [-0.1, -0.05) is 34.0 Å². The molecule has 58 valence electrons. The topological polar surface area (TPSA) is 0 Å². The van der Waals surface area contributed by atoms with Crippen LogP contribution in [0.25, 0.3) is 0 Å². The van der Waals surface area contributed by atoms with Gasteiger partial charge in [0.2, 0.25) is 0 Å². The second kappa shape index (κ2) is 3.56. The van der Waals surface area contributed by atoms with E-state index in [0.29, 0.717) is 4.83 Å². The summed E-state index contributed by atoms with van der Waals surface area (Å²) in [5.41, 5.74) is 1.49. The molecule has 0 amide bonds. The third-order valence-electron chi connectivity index (χ3n) is 2.28. The van der Waals surface area contributed by atoms with E-state index >= 15 is 0 Å². The van der Waals surface area contributed by atoms with Crippen molar-refractivity contribution in [2.75, 3.05) is 0 Å². The van der Waals surface area contributed by atoms with E-state index < -0.39 is 0 Å². The second-order valence-corrected chi connectivity index (χ2v) is 4.59. The van der Waals surface area contributed by atoms with Crippen LogP contribution in [-0.4, -0.2) is 4.83 Å². The SMILES string of the molecule is C/C(=C\C1CCC1)C(C)Br. The van der Waals surface area contributed by atoms with E-state index in [2.05, 4.69) is 35.9 Å². The average Bonchev–Trinajstić information content (AvgIpc) is 1.77. The Morgan fingerprint density at radius 2 is 2.20 bits per heavy atom. The summed E-state index contributed by atoms with van der Waals surface area (Å²) >= 11 is 3.55. The smallest absolute Gasteiger partial charge is 0.0323 e. The maximum atomic E-state index is 3.55. The Kier molecular flexibility index (Phi) is 2.96. The van der Waals surface area contributed by atoms with Gasteiger partial charge in [0, 0.05) is 4.83 Å². The summed E-state index contributed by atoms with van der Waals surface area (Å²) in [4.78, 5) is 0.563. The third-order valence-corrected chi connectivity index (χ3v) is 3.00. The van der Waals surface area contributed by atoms with Crippen LogP contribution >= 0.6 is 15.9 Å². The van der Waals surface area contributed by atoms with Crippen LogP contribution in [0.4, 0.5) is 0 Å². The van der Waals surface area contributed by atoms with Crippen LogP contribution in [0.2, 0.25) is 0 Å². The van der Waals surface area contributed by atoms with Gasteiger partial charge in [-0.2, -0.15) is 0 Å². The molecule has 1 heteroatoms. The Morgan fingerprint density at radius 3 is 2.50 bits per heavy atom. The van der Waals surface area contributed by atoms with Crippen molar-refractivity contribution < 1.29 is 0 Å². The first-order chi connectivity index (χ1) is 4.70. The lowest BCUT2D eigenvalue weighted by atomic mass is 9.84. The standard InChI is InChI=1S/C9H15Br/c1-7(8(2)10)6-9-4-3-5-9/h6,8-9H,3-5H2,1-2H3/b7-6+. The molecule has 0 aliphatic heterocycles. The summed E-state index contributed by atoms with van der Waals surface area (Å²) < 4.78 is 0. The molecule has 1 saturated carbocycles. The van der Waals surface area contributed by atoms with Crippen LogP contribution < -0.4 is 0 Å². The molecule has 0 aromatic rings. The van der Waals surface area contributed by atoms with Crippen molar-refractivity contribution in [3.05, 3.63) is 11.6 Å². The van der Waals surface area contributed by atoms with Crippen LogP contribution in [0, 0.1) is 5.92 Å². The van der Waals surface area contributed by atoms with Gasteiger partial charge in [-0.15, -0.1) is 0 Å². The molecule has 1 fully saturated rings. The highest BCUT2D eigenvalue weighted by atomic mass is 79.9. The highest BCUT2D eigenvalue weighted by molar-refractivity contribution is 9.09. The monoisotopic (exact) mass is 202 g/mol. The predicted molar refractivity (Wildman–Crippen MR) is 49.5 cm³/mol. The number of halogens is 1. The molecule has 0 spiro atoms. The minimum absolute atomic E-state index is 0.563. The minimum atomic E-state index is 0.563. The molecule has 0 aromatic heterocycles. The zero-order valence-electron chi connectivity index (χ0n) is 6.73. The molecule has 0 heterocycles. The molecule has 1 aliphatic rings. The van der Waals surface area contributed by atoms with Crippen molar-refractivity contribution in [2.45, 2.75) is 37.9 Å². The summed E-state index contributed by atoms with van der Waals surface area (Å²) in [6, 6.07) is 0. The van der Waals surface area contributed by atoms with Crippen molar-refractivity contribution >= 4 is 15.9 Å². The molecule has 1 unspecified atom stereocenters. The summed E-state index contributed by atoms with van der Waals surface area (Å²) in [5.74, 6) is 0.903. The first-order valence-corrected chi connectivity index (χ1v) is 4.94. The Bertz CT molecular complexity index is 132. The molecule has 0 aromatic carbocycles. The Labute approximate surface area is 71.8 Å². The van der Waals surface area contributed by atoms with E-state index in [4.69, 9.17) is 0 Å². The minimum Gasteiger partial charge on any atom is -0.0846 e. The van der Waals surface area contributed by atoms with Gasteiger partial charge >= 0.3 is 0 Å². The summed E-state index contributed by atoms with van der Waals surface area (Å²) in [7, 11) is 0. The number of allylic oxidation sites excluding steroid dienone is 2. The average molecular weight is 203 g/mol. The molecular formula is C9H15Br. The number of alkyl halides is 1. The van der Waals surface area contributed by atoms with Gasteiger partial charge in [0.1, 0.15) is 0 Å². The van der Waals surface area contributed by atoms with E-state index in [-0.39, 0.29) is 0 Å². The largest absolute Gasteiger partial charge is 0.0846 e. The zero-order valence-corrected chi connectivity index (χ0v) is 8.32. The van der Waals surface area contributed by atoms with Gasteiger partial charge in [0.05, 0.1) is 0 Å². The maximum Gasteiger partial charge on any atom is 0.0323 e. The lowest BCUT2D eigenvalue weighted by Crippen LogP contribution is -2.09. The van der Waals surface area contributed by atoms with E-state index in [9.17, 15) is 0 Å². The van der Waals surface area contributed by atoms with Crippen molar-refractivity contribution in [1.82, 2.24) is 0 Å². The van der Waals surface area contributed by atoms with E-state index in [0.717, 1.165) is 5.92 Å². The third kappa shape index (κ3) is 2.12. The van der Waals surface area contributed by atoms with Crippen LogP contribution in [0.15, 0.2) is 11.6 Å². The fraction of sp³-hybridized carbons (Fsp3) is 0.778. The highest BCUT2D eigenvalue weighted by Gasteiger charge is 2.15. The van der Waals surface area contributed by atoms with Crippen molar-refractivity contribution in [1.29, 1.82) is 0 Å². The molecule has 0 saturated heterocycles. The van der Waals surface area contributed by atoms with Gasteiger partial charge < -0.3 is 0 Å². The number of rotatable bonds is 2. The summed E-state index contributed by atoms with van der Waals surface area (Å²) in [5, 5.41) is 0. The second-order valence-electron chi connectivity index (χ2n) is 3.22. The molecule has 0 nitrogen and oxygen atoms in total. The predicted octanol–water partition coefficient (Wildman–Crippen LogP) is 3.52. The molecule has 0 N–H and O–H groups in total. The summed E-state index contributed by atoms with van der Waals surface area (Å²) in [6.45, 7) is 4.39. The van der Waals surface area contributed by atoms with Crippen LogP contribution in [0.1, 0.15) is 33.1 Å².